The van der Waals surface area contributed by atoms with Crippen LogP contribution in [0, 0.1) is 5.41 Å². The number of carbonyl (C=O) groups excluding carboxylic acids is 7. The Morgan fingerprint density at radius 3 is 1.09 bits per heavy atom. The largest absolute Gasteiger partial charge is 0.464 e. The van der Waals surface area contributed by atoms with Gasteiger partial charge in [-0.15, -0.1) is 42.1 Å². The summed E-state index contributed by atoms with van der Waals surface area (Å²) in [5, 5.41) is 7.12. The summed E-state index contributed by atoms with van der Waals surface area (Å²) in [7, 11) is 0. The second-order valence-corrected chi connectivity index (χ2v) is 35.4. The highest BCUT2D eigenvalue weighted by molar-refractivity contribution is 8.25. The predicted octanol–water partition coefficient (Wildman–Crippen LogP) is 11.7. The van der Waals surface area contributed by atoms with Gasteiger partial charge >= 0.3 is 35.1 Å². The van der Waals surface area contributed by atoms with Gasteiger partial charge in [0, 0.05) is 71.1 Å². The summed E-state index contributed by atoms with van der Waals surface area (Å²) in [6.07, 6.45) is -0.951. The Labute approximate surface area is 675 Å². The van der Waals surface area contributed by atoms with Gasteiger partial charge in [0.1, 0.15) is 65.6 Å². The number of piperazine rings is 1. The van der Waals surface area contributed by atoms with Crippen molar-refractivity contribution in [2.45, 2.75) is 195 Å². The molecule has 0 aliphatic carbocycles. The molecule has 1 aliphatic heterocycles. The molecule has 7 unspecified atom stereocenters. The average molecular weight is 1700 g/mol. The quantitative estimate of drug-likeness (QED) is 0.0181. The molecule has 0 radical (unpaired) electrons. The highest BCUT2D eigenvalue weighted by atomic mass is 32.2. The molecule has 0 N–H and O–H groups in total. The van der Waals surface area contributed by atoms with Crippen LogP contribution >= 0.6 is 156 Å². The van der Waals surface area contributed by atoms with E-state index in [1.807, 2.05) is 74.3 Å². The highest BCUT2D eigenvalue weighted by Crippen LogP contribution is 2.29. The lowest BCUT2D eigenvalue weighted by atomic mass is 9.94. The topological polar surface area (TPSA) is 253 Å². The molecule has 0 saturated carbocycles. The third kappa shape index (κ3) is 46.8. The van der Waals surface area contributed by atoms with Gasteiger partial charge < -0.3 is 57.4 Å². The van der Waals surface area contributed by atoms with E-state index in [1.165, 1.54) is 56.1 Å². The Morgan fingerprint density at radius 2 is 0.748 bits per heavy atom. The summed E-state index contributed by atoms with van der Waals surface area (Å²) in [5.41, 5.74) is -1.42. The van der Waals surface area contributed by atoms with Crippen molar-refractivity contribution in [1.29, 1.82) is 0 Å². The Kier molecular flexibility index (Phi) is 56.8. The molecule has 1 saturated heterocycles. The first kappa shape index (κ1) is 103. The fourth-order valence-electron chi connectivity index (χ4n) is 7.37. The third-order valence-corrected chi connectivity index (χ3v) is 21.8. The SMILES string of the molecule is CC(=O)C(C)SC(=S)ON1CCN(OC(=S)SC(C)C(C)=O)C(C)(C)C1.CCN(CC)CC(=S)SC(C)C(=O)OCC(C)(COC(=O)C(C)SC(=S)ON(CC)CC)COC(=O)C(C)SC(=S)ON(CC)CC.CCN(CC)OC(=S)OC(C)C(=O)OCCOC(=O)C(C)SC(=S)ON(CC)CC. The molecule has 0 spiro atoms. The zero-order valence-corrected chi connectivity index (χ0v) is 74.3. The Balaban J connectivity index is 0. The maximum absolute atomic E-state index is 13.0. The number of hydrogen-bond acceptors (Lipinski definition) is 39. The maximum atomic E-state index is 13.0. The first-order valence-corrected chi connectivity index (χ1v) is 41.9. The molecule has 39 heteroatoms. The minimum absolute atomic E-state index is 0.0595. The van der Waals surface area contributed by atoms with Gasteiger partial charge in [0.2, 0.25) is 21.9 Å². The van der Waals surface area contributed by atoms with Gasteiger partial charge in [-0.1, -0.05) is 84.9 Å². The molecule has 0 aromatic carbocycles. The van der Waals surface area contributed by atoms with Crippen molar-refractivity contribution in [1.82, 2.24) is 35.3 Å². The van der Waals surface area contributed by atoms with E-state index in [2.05, 4.69) is 18.7 Å². The van der Waals surface area contributed by atoms with E-state index in [9.17, 15) is 33.6 Å². The molecule has 103 heavy (non-hydrogen) atoms. The van der Waals surface area contributed by atoms with E-state index in [4.69, 9.17) is 143 Å². The fourth-order valence-corrected chi connectivity index (χ4v) is 14.7. The molecule has 1 heterocycles. The number of hydroxylamine groups is 12. The first-order chi connectivity index (χ1) is 48.2. The van der Waals surface area contributed by atoms with Gasteiger partial charge in [-0.3, -0.25) is 33.7 Å². The molecule has 1 aliphatic rings. The maximum Gasteiger partial charge on any atom is 0.372 e. The van der Waals surface area contributed by atoms with Crippen LogP contribution in [0.2, 0.25) is 0 Å². The minimum atomic E-state index is -1.06. The summed E-state index contributed by atoms with van der Waals surface area (Å²) < 4.78 is 34.2. The van der Waals surface area contributed by atoms with Crippen molar-refractivity contribution in [3.63, 3.8) is 0 Å². The van der Waals surface area contributed by atoms with Crippen molar-refractivity contribution in [2.24, 2.45) is 5.41 Å². The van der Waals surface area contributed by atoms with Crippen LogP contribution in [0.1, 0.15) is 152 Å². The zero-order valence-electron chi connectivity index (χ0n) is 63.7. The number of thioether (sulfide) groups is 6. The van der Waals surface area contributed by atoms with E-state index < -0.39 is 62.4 Å². The molecule has 594 valence electrons. The van der Waals surface area contributed by atoms with Crippen molar-refractivity contribution in [3.05, 3.63) is 0 Å². The van der Waals surface area contributed by atoms with Crippen molar-refractivity contribution < 1.29 is 91.0 Å². The number of thiocarbonyl (C=S) groups is 7. The molecule has 1 rings (SSSR count). The number of rotatable bonds is 41. The van der Waals surface area contributed by atoms with Gasteiger partial charge in [0.05, 0.1) is 45.3 Å². The number of esters is 5. The molecule has 7 atom stereocenters. The summed E-state index contributed by atoms with van der Waals surface area (Å²) in [5.74, 6) is -2.58. The standard InChI is InChI=1S/C30H53N3O8S6.C18H32N2O7S3.C16H26N2O4S4/c1-11-31(12-2)17-24(42)45-21(7)25(34)37-18-30(10,19-38-26(35)22(8)46-28(43)40-32(13-3)14-4)20-39-27(36)23(9)47-29(44)41-33(15-5)16-6;1-7-19(8-2)26-17(28)25-13(5)15(21)23-11-12-24-16(22)14(6)30-18(29)27-20(9-3)10-4;1-10(19)12(3)25-14(23)21-17-7-8-18(16(5,6)9-17)22-15(24)26-13(4)11(2)20/h21-23H,11-20H2,1-10H3;13-14H,7-12H2,1-6H3;12-13H,7-9H2,1-6H3. The van der Waals surface area contributed by atoms with Crippen molar-refractivity contribution >= 4 is 229 Å². The van der Waals surface area contributed by atoms with E-state index in [0.29, 0.717) is 91.5 Å². The van der Waals surface area contributed by atoms with Gasteiger partial charge in [0.15, 0.2) is 6.10 Å². The van der Waals surface area contributed by atoms with Crippen LogP contribution in [0.3, 0.4) is 0 Å². The fraction of sp³-hybridized carbons (Fsp3) is 0.781. The minimum Gasteiger partial charge on any atom is -0.464 e. The van der Waals surface area contributed by atoms with Crippen molar-refractivity contribution in [3.8, 4) is 0 Å². The average Bonchev–Trinajstić information content (AvgIpc) is 0.817. The van der Waals surface area contributed by atoms with Crippen molar-refractivity contribution in [2.75, 3.05) is 125 Å². The smallest absolute Gasteiger partial charge is 0.372 e. The van der Waals surface area contributed by atoms with Crippen LogP contribution in [0.15, 0.2) is 0 Å². The number of carbonyl (C=O) groups is 7. The molecule has 0 amide bonds. The monoisotopic (exact) mass is 1700 g/mol. The molecular formula is C64H111N7O19S13. The van der Waals surface area contributed by atoms with E-state index >= 15 is 0 Å². The number of ketones is 2. The second kappa shape index (κ2) is 56.9. The van der Waals surface area contributed by atoms with Gasteiger partial charge in [-0.25, -0.2) is 4.79 Å². The summed E-state index contributed by atoms with van der Waals surface area (Å²) in [6.45, 7) is 48.5. The van der Waals surface area contributed by atoms with Crippen LogP contribution in [-0.2, 0) is 91.0 Å². The lowest BCUT2D eigenvalue weighted by molar-refractivity contribution is -0.220. The lowest BCUT2D eigenvalue weighted by Crippen LogP contribution is -2.59. The van der Waals surface area contributed by atoms with Gasteiger partial charge in [0.25, 0.3) is 0 Å². The molecule has 0 aromatic heterocycles. The zero-order chi connectivity index (χ0) is 79.3. The number of nitrogens with zero attached hydrogens (tertiary/aromatic N) is 7. The number of ether oxygens (including phenoxy) is 6. The lowest BCUT2D eigenvalue weighted by Gasteiger charge is -2.44. The Hall–Kier alpha value is -2.26. The number of Topliss-reactive ketones (excluding diaryl/α,β-unsaturated/α-hetero) is 2. The highest BCUT2D eigenvalue weighted by Gasteiger charge is 2.39. The molecule has 0 bridgehead atoms. The molecular weight excluding hydrogens is 1590 g/mol. The van der Waals surface area contributed by atoms with E-state index in [-0.39, 0.29) is 79.0 Å². The third-order valence-electron chi connectivity index (χ3n) is 14.1. The van der Waals surface area contributed by atoms with E-state index in [0.717, 1.165) is 48.4 Å². The number of hydrogen-bond donors (Lipinski definition) is 0. The van der Waals surface area contributed by atoms with Crippen LogP contribution < -0.4 is 0 Å². The van der Waals surface area contributed by atoms with Crippen LogP contribution in [0.25, 0.3) is 0 Å². The normalized spacial score (nSPS) is 15.4. The van der Waals surface area contributed by atoms with Gasteiger partial charge in [-0.2, -0.15) is 0 Å². The summed E-state index contributed by atoms with van der Waals surface area (Å²) in [4.78, 5) is 121. The molecule has 0 aromatic rings. The summed E-state index contributed by atoms with van der Waals surface area (Å²) in [6, 6.07) is 0. The molecule has 26 nitrogen and oxygen atoms in total. The predicted molar refractivity (Wildman–Crippen MR) is 444 cm³/mol. The van der Waals surface area contributed by atoms with Crippen LogP contribution in [-0.4, -0.2) is 276 Å². The second-order valence-electron chi connectivity index (χ2n) is 23.1. The van der Waals surface area contributed by atoms with E-state index in [1.54, 1.807) is 73.8 Å². The van der Waals surface area contributed by atoms with Crippen LogP contribution in [0.5, 0.6) is 0 Å². The summed E-state index contributed by atoms with van der Waals surface area (Å²) >= 11 is 43.5. The first-order valence-electron chi connectivity index (χ1n) is 33.8. The molecule has 1 fully saturated rings. The Bertz CT molecular complexity index is 2510. The Morgan fingerprint density at radius 1 is 0.427 bits per heavy atom. The van der Waals surface area contributed by atoms with Gasteiger partial charge in [-0.05, 0) is 213 Å². The van der Waals surface area contributed by atoms with Crippen LogP contribution in [0.4, 0.5) is 0 Å².